The Kier molecular flexibility index (Phi) is 5.90. The second kappa shape index (κ2) is 7.74. The van der Waals surface area contributed by atoms with Crippen LogP contribution in [0.25, 0.3) is 0 Å². The van der Waals surface area contributed by atoms with Gasteiger partial charge in [-0.15, -0.1) is 46.7 Å². The molecule has 1 aliphatic rings. The van der Waals surface area contributed by atoms with E-state index in [1.807, 2.05) is 23.5 Å². The first-order chi connectivity index (χ1) is 11.0. The smallest absolute Gasteiger partial charge is 0.0595 e. The molecule has 0 aliphatic heterocycles. The molecule has 2 aromatic carbocycles. The number of thioether (sulfide) groups is 2. The average Bonchev–Trinajstić information content (AvgIpc) is 2.79. The summed E-state index contributed by atoms with van der Waals surface area (Å²) >= 11 is 17.1. The van der Waals surface area contributed by atoms with Gasteiger partial charge in [-0.1, -0.05) is 35.4 Å². The first kappa shape index (κ1) is 17.5. The van der Waals surface area contributed by atoms with E-state index in [-0.39, 0.29) is 16.0 Å². The van der Waals surface area contributed by atoms with Crippen LogP contribution < -0.4 is 0 Å². The Hall–Kier alpha value is -0.280. The van der Waals surface area contributed by atoms with Gasteiger partial charge in [0.15, 0.2) is 0 Å². The molecule has 0 heterocycles. The highest BCUT2D eigenvalue weighted by Crippen LogP contribution is 2.46. The molecule has 0 amide bonds. The van der Waals surface area contributed by atoms with E-state index in [0.717, 1.165) is 6.42 Å². The molecule has 1 saturated carbocycles. The molecule has 0 bridgehead atoms. The molecular weight excluding hydrogens is 363 g/mol. The van der Waals surface area contributed by atoms with Crippen molar-refractivity contribution in [3.8, 4) is 0 Å². The van der Waals surface area contributed by atoms with Crippen molar-refractivity contribution in [2.45, 2.75) is 51.3 Å². The van der Waals surface area contributed by atoms with E-state index in [1.54, 1.807) is 0 Å². The van der Waals surface area contributed by atoms with Gasteiger partial charge in [0, 0.05) is 25.7 Å². The highest BCUT2D eigenvalue weighted by atomic mass is 35.5. The van der Waals surface area contributed by atoms with Gasteiger partial charge in [0.05, 0.1) is 5.38 Å². The van der Waals surface area contributed by atoms with Crippen LogP contribution in [0.5, 0.6) is 0 Å². The van der Waals surface area contributed by atoms with E-state index in [0.29, 0.717) is 5.25 Å². The van der Waals surface area contributed by atoms with E-state index in [9.17, 15) is 0 Å². The van der Waals surface area contributed by atoms with Gasteiger partial charge >= 0.3 is 0 Å². The summed E-state index contributed by atoms with van der Waals surface area (Å²) in [7, 11) is 0. The summed E-state index contributed by atoms with van der Waals surface area (Å²) in [6.45, 7) is 4.21. The standard InChI is InChI=1S/C19H20Cl2S2/c1-12-3-7-14(8-4-12)22-17-11-16(20)19(18(17)21)23-15-9-5-13(2)6-10-15/h3-10,16-19H,11H2,1-2H3/t16-,17+,18-,19+/m0/s1. The molecule has 4 atom stereocenters. The lowest BCUT2D eigenvalue weighted by atomic mass is 10.2. The molecule has 0 aromatic heterocycles. The van der Waals surface area contributed by atoms with E-state index >= 15 is 0 Å². The summed E-state index contributed by atoms with van der Waals surface area (Å²) in [5, 5.41) is 0.815. The summed E-state index contributed by atoms with van der Waals surface area (Å²) in [6, 6.07) is 17.3. The van der Waals surface area contributed by atoms with Crippen molar-refractivity contribution in [3.05, 3.63) is 59.7 Å². The van der Waals surface area contributed by atoms with Gasteiger partial charge in [0.25, 0.3) is 0 Å². The van der Waals surface area contributed by atoms with E-state index in [4.69, 9.17) is 23.2 Å². The Morgan fingerprint density at radius 1 is 0.783 bits per heavy atom. The predicted octanol–water partition coefficient (Wildman–Crippen LogP) is 6.54. The lowest BCUT2D eigenvalue weighted by Crippen LogP contribution is -2.21. The molecule has 2 aromatic rings. The Labute approximate surface area is 157 Å². The summed E-state index contributed by atoms with van der Waals surface area (Å²) < 4.78 is 0. The minimum atomic E-state index is 0.0788. The monoisotopic (exact) mass is 382 g/mol. The first-order valence-corrected chi connectivity index (χ1v) is 10.4. The second-order valence-electron chi connectivity index (χ2n) is 6.06. The highest BCUT2D eigenvalue weighted by Gasteiger charge is 2.42. The zero-order valence-corrected chi connectivity index (χ0v) is 16.4. The molecule has 1 fully saturated rings. The van der Waals surface area contributed by atoms with Gasteiger partial charge in [0.1, 0.15) is 0 Å². The number of halogens is 2. The number of hydrogen-bond acceptors (Lipinski definition) is 2. The molecule has 0 spiro atoms. The van der Waals surface area contributed by atoms with E-state index in [2.05, 4.69) is 62.4 Å². The summed E-state index contributed by atoms with van der Waals surface area (Å²) in [5.41, 5.74) is 2.56. The molecular formula is C19H20Cl2S2. The summed E-state index contributed by atoms with van der Waals surface area (Å²) in [5.74, 6) is 0. The Bertz CT molecular complexity index is 639. The molecule has 0 unspecified atom stereocenters. The minimum Gasteiger partial charge on any atom is -0.122 e. The molecule has 0 nitrogen and oxygen atoms in total. The third-order valence-corrected chi connectivity index (χ3v) is 8.33. The van der Waals surface area contributed by atoms with Crippen LogP contribution in [-0.4, -0.2) is 21.3 Å². The summed E-state index contributed by atoms with van der Waals surface area (Å²) in [6.07, 6.45) is 0.956. The van der Waals surface area contributed by atoms with Crippen LogP contribution in [0.2, 0.25) is 0 Å². The Balaban J connectivity index is 1.66. The lowest BCUT2D eigenvalue weighted by molar-refractivity contribution is 0.910. The SMILES string of the molecule is Cc1ccc(S[C@H]2[C@@H](Cl)[C@H](Sc3ccc(C)cc3)C[C@@H]2Cl)cc1. The third kappa shape index (κ3) is 4.42. The summed E-state index contributed by atoms with van der Waals surface area (Å²) in [4.78, 5) is 2.52. The zero-order chi connectivity index (χ0) is 16.4. The first-order valence-electron chi connectivity index (χ1n) is 7.78. The molecule has 122 valence electrons. The normalized spacial score (nSPS) is 27.3. The molecule has 0 radical (unpaired) electrons. The number of hydrogen-bond donors (Lipinski definition) is 0. The van der Waals surface area contributed by atoms with Gasteiger partial charge in [-0.05, 0) is 44.5 Å². The maximum Gasteiger partial charge on any atom is 0.0595 e. The van der Waals surface area contributed by atoms with Crippen LogP contribution in [0.15, 0.2) is 58.3 Å². The zero-order valence-electron chi connectivity index (χ0n) is 13.2. The van der Waals surface area contributed by atoms with Crippen molar-refractivity contribution in [1.29, 1.82) is 0 Å². The van der Waals surface area contributed by atoms with Gasteiger partial charge in [0.2, 0.25) is 0 Å². The largest absolute Gasteiger partial charge is 0.122 e. The fraction of sp³-hybridized carbons (Fsp3) is 0.368. The minimum absolute atomic E-state index is 0.0788. The van der Waals surface area contributed by atoms with Crippen LogP contribution >= 0.6 is 46.7 Å². The molecule has 0 N–H and O–H groups in total. The van der Waals surface area contributed by atoms with Crippen LogP contribution in [0.1, 0.15) is 17.5 Å². The van der Waals surface area contributed by atoms with Gasteiger partial charge in [-0.25, -0.2) is 0 Å². The van der Waals surface area contributed by atoms with E-state index in [1.165, 1.54) is 20.9 Å². The quantitative estimate of drug-likeness (QED) is 0.550. The molecule has 4 heteroatoms. The number of benzene rings is 2. The third-order valence-electron chi connectivity index (χ3n) is 4.08. The Morgan fingerprint density at radius 2 is 1.26 bits per heavy atom. The van der Waals surface area contributed by atoms with Crippen molar-refractivity contribution in [1.82, 2.24) is 0 Å². The van der Waals surface area contributed by atoms with Crippen molar-refractivity contribution >= 4 is 46.7 Å². The van der Waals surface area contributed by atoms with Gasteiger partial charge in [-0.3, -0.25) is 0 Å². The van der Waals surface area contributed by atoms with E-state index < -0.39 is 0 Å². The Morgan fingerprint density at radius 3 is 1.78 bits per heavy atom. The van der Waals surface area contributed by atoms with Crippen LogP contribution in [0.3, 0.4) is 0 Å². The topological polar surface area (TPSA) is 0 Å². The molecule has 1 aliphatic carbocycles. The maximum atomic E-state index is 6.78. The number of aryl methyl sites for hydroxylation is 2. The van der Waals surface area contributed by atoms with Crippen LogP contribution in [0.4, 0.5) is 0 Å². The second-order valence-corrected chi connectivity index (χ2v) is 9.69. The molecule has 0 saturated heterocycles. The number of rotatable bonds is 4. The van der Waals surface area contributed by atoms with Crippen molar-refractivity contribution in [3.63, 3.8) is 0 Å². The maximum absolute atomic E-state index is 6.78. The van der Waals surface area contributed by atoms with Gasteiger partial charge in [-0.2, -0.15) is 0 Å². The van der Waals surface area contributed by atoms with Crippen LogP contribution in [0, 0.1) is 13.8 Å². The molecule has 23 heavy (non-hydrogen) atoms. The van der Waals surface area contributed by atoms with Crippen LogP contribution in [-0.2, 0) is 0 Å². The highest BCUT2D eigenvalue weighted by molar-refractivity contribution is 8.01. The molecule has 3 rings (SSSR count). The van der Waals surface area contributed by atoms with Crippen molar-refractivity contribution in [2.24, 2.45) is 0 Å². The van der Waals surface area contributed by atoms with Gasteiger partial charge < -0.3 is 0 Å². The van der Waals surface area contributed by atoms with Crippen molar-refractivity contribution < 1.29 is 0 Å². The fourth-order valence-corrected chi connectivity index (χ4v) is 6.52. The fourth-order valence-electron chi connectivity index (χ4n) is 2.71. The predicted molar refractivity (Wildman–Crippen MR) is 106 cm³/mol. The average molecular weight is 383 g/mol. The number of alkyl halides is 2. The lowest BCUT2D eigenvalue weighted by Gasteiger charge is -2.19. The van der Waals surface area contributed by atoms with Crippen molar-refractivity contribution in [2.75, 3.05) is 0 Å².